The zero-order chi connectivity index (χ0) is 24.5. The van der Waals surface area contributed by atoms with Gasteiger partial charge in [-0.05, 0) is 57.0 Å². The summed E-state index contributed by atoms with van der Waals surface area (Å²) in [6.45, 7) is 3.80. The Kier molecular flexibility index (Phi) is 6.81. The van der Waals surface area contributed by atoms with Crippen LogP contribution in [0.3, 0.4) is 0 Å². The lowest BCUT2D eigenvalue weighted by atomic mass is 10.0. The second kappa shape index (κ2) is 9.64. The van der Waals surface area contributed by atoms with Gasteiger partial charge in [0.05, 0.1) is 29.6 Å². The second-order valence-corrected chi connectivity index (χ2v) is 8.84. The van der Waals surface area contributed by atoms with Gasteiger partial charge in [-0.15, -0.1) is 0 Å². The number of carbonyl (C=O) groups excluding carboxylic acids is 2. The number of ether oxygens (including phenoxy) is 1. The molecule has 4 rings (SSSR count). The third kappa shape index (κ3) is 4.88. The predicted molar refractivity (Wildman–Crippen MR) is 126 cm³/mol. The Balaban J connectivity index is 1.50. The molecule has 0 saturated heterocycles. The molecule has 3 aromatic rings. The van der Waals surface area contributed by atoms with E-state index in [4.69, 9.17) is 32.4 Å². The summed E-state index contributed by atoms with van der Waals surface area (Å²) in [4.78, 5) is 29.4. The van der Waals surface area contributed by atoms with Crippen LogP contribution in [0.5, 0.6) is 5.75 Å². The van der Waals surface area contributed by atoms with Crippen LogP contribution in [0.2, 0.25) is 10.0 Å². The third-order valence-corrected chi connectivity index (χ3v) is 6.02. The molecule has 178 valence electrons. The van der Waals surface area contributed by atoms with Gasteiger partial charge in [-0.3, -0.25) is 14.6 Å². The Hall–Kier alpha value is -3.10. The molecule has 0 spiro atoms. The number of pyridine rings is 1. The molecule has 0 bridgehead atoms. The van der Waals surface area contributed by atoms with Crippen molar-refractivity contribution in [1.82, 2.24) is 15.6 Å². The normalized spacial score (nSPS) is 14.9. The Morgan fingerprint density at radius 3 is 2.68 bits per heavy atom. The van der Waals surface area contributed by atoms with Gasteiger partial charge in [-0.1, -0.05) is 23.2 Å². The van der Waals surface area contributed by atoms with E-state index in [9.17, 15) is 9.59 Å². The van der Waals surface area contributed by atoms with Gasteiger partial charge in [0.1, 0.15) is 17.1 Å². The number of hydrogen-bond donors (Lipinski definition) is 2. The van der Waals surface area contributed by atoms with Crippen LogP contribution >= 0.6 is 23.2 Å². The van der Waals surface area contributed by atoms with Crippen LogP contribution < -0.4 is 15.4 Å². The Morgan fingerprint density at radius 1 is 1.29 bits per heavy atom. The summed E-state index contributed by atoms with van der Waals surface area (Å²) in [6, 6.07) is 6.82. The maximum atomic E-state index is 15.1. The van der Waals surface area contributed by atoms with Crippen LogP contribution in [0, 0.1) is 5.82 Å². The van der Waals surface area contributed by atoms with Crippen LogP contribution in [0.25, 0.3) is 11.1 Å². The molecule has 2 amide bonds. The Morgan fingerprint density at radius 2 is 2.06 bits per heavy atom. The van der Waals surface area contributed by atoms with Crippen LogP contribution in [0.1, 0.15) is 49.0 Å². The van der Waals surface area contributed by atoms with Gasteiger partial charge in [0.25, 0.3) is 5.91 Å². The number of aromatic nitrogens is 1. The number of rotatable bonds is 8. The predicted octanol–water partition coefficient (Wildman–Crippen LogP) is 5.33. The zero-order valence-electron chi connectivity index (χ0n) is 18.5. The van der Waals surface area contributed by atoms with E-state index in [1.807, 2.05) is 6.92 Å². The van der Waals surface area contributed by atoms with Crippen molar-refractivity contribution < 1.29 is 23.1 Å². The van der Waals surface area contributed by atoms with E-state index in [1.165, 1.54) is 24.6 Å². The Labute approximate surface area is 205 Å². The molecule has 10 heteroatoms. The van der Waals surface area contributed by atoms with Crippen molar-refractivity contribution in [3.8, 4) is 16.9 Å². The number of carbonyl (C=O) groups is 2. The highest BCUT2D eigenvalue weighted by Crippen LogP contribution is 2.40. The number of benzene rings is 1. The quantitative estimate of drug-likeness (QED) is 0.431. The number of nitrogens with zero attached hydrogens (tertiary/aromatic N) is 1. The first kappa shape index (κ1) is 24.0. The molecule has 0 unspecified atom stereocenters. The highest BCUT2D eigenvalue weighted by atomic mass is 35.5. The summed E-state index contributed by atoms with van der Waals surface area (Å²) in [6.07, 6.45) is 3.80. The Bertz CT molecular complexity index is 1230. The lowest BCUT2D eigenvalue weighted by Gasteiger charge is -2.21. The summed E-state index contributed by atoms with van der Waals surface area (Å²) >= 11 is 12.4. The SMILES string of the molecule is CCOc1c(Cl)cc(Cl)cc1-c1cnc([C@@H](C)NC(=O)C2(NC(=O)c3ccco3)CC2)c(F)c1. The fraction of sp³-hybridized carbons (Fsp3) is 0.292. The minimum Gasteiger partial charge on any atom is -0.492 e. The van der Waals surface area contributed by atoms with Crippen molar-refractivity contribution in [1.29, 1.82) is 0 Å². The first-order chi connectivity index (χ1) is 16.2. The molecule has 1 fully saturated rings. The van der Waals surface area contributed by atoms with Crippen LogP contribution in [-0.4, -0.2) is 28.9 Å². The van der Waals surface area contributed by atoms with Crippen molar-refractivity contribution in [3.05, 3.63) is 70.1 Å². The van der Waals surface area contributed by atoms with E-state index < -0.39 is 29.2 Å². The maximum absolute atomic E-state index is 15.1. The first-order valence-electron chi connectivity index (χ1n) is 10.7. The number of amides is 2. The van der Waals surface area contributed by atoms with Gasteiger partial charge in [0.15, 0.2) is 5.76 Å². The molecular weight excluding hydrogens is 484 g/mol. The van der Waals surface area contributed by atoms with E-state index in [0.717, 1.165) is 0 Å². The van der Waals surface area contributed by atoms with Crippen molar-refractivity contribution in [2.24, 2.45) is 0 Å². The van der Waals surface area contributed by atoms with Crippen molar-refractivity contribution in [3.63, 3.8) is 0 Å². The van der Waals surface area contributed by atoms with Crippen LogP contribution in [0.4, 0.5) is 4.39 Å². The van der Waals surface area contributed by atoms with Gasteiger partial charge < -0.3 is 19.8 Å². The number of hydrogen-bond acceptors (Lipinski definition) is 5. The maximum Gasteiger partial charge on any atom is 0.287 e. The van der Waals surface area contributed by atoms with E-state index >= 15 is 4.39 Å². The minimum atomic E-state index is -1.04. The van der Waals surface area contributed by atoms with Crippen molar-refractivity contribution >= 4 is 35.0 Å². The number of halogens is 3. The monoisotopic (exact) mass is 505 g/mol. The van der Waals surface area contributed by atoms with Crippen LogP contribution in [0.15, 0.2) is 47.2 Å². The van der Waals surface area contributed by atoms with Gasteiger partial charge in [-0.2, -0.15) is 0 Å². The topological polar surface area (TPSA) is 93.5 Å². The third-order valence-electron chi connectivity index (χ3n) is 5.52. The molecule has 7 nitrogen and oxygen atoms in total. The van der Waals surface area contributed by atoms with Crippen molar-refractivity contribution in [2.45, 2.75) is 38.3 Å². The highest BCUT2D eigenvalue weighted by molar-refractivity contribution is 6.36. The fourth-order valence-electron chi connectivity index (χ4n) is 3.60. The molecule has 2 N–H and O–H groups in total. The lowest BCUT2D eigenvalue weighted by molar-refractivity contribution is -0.124. The molecule has 1 aliphatic carbocycles. The zero-order valence-corrected chi connectivity index (χ0v) is 20.0. The fourth-order valence-corrected chi connectivity index (χ4v) is 4.15. The van der Waals surface area contributed by atoms with E-state index in [2.05, 4.69) is 15.6 Å². The standard InChI is InChI=1S/C24H22Cl2FN3O4/c1-3-33-21-16(10-15(25)11-17(21)26)14-9-18(27)20(28-12-14)13(2)29-23(32)24(6-7-24)30-22(31)19-5-4-8-34-19/h4-5,8-13H,3,6-7H2,1-2H3,(H,29,32)(H,30,31)/t13-/m1/s1. The van der Waals surface area contributed by atoms with Gasteiger partial charge in [0.2, 0.25) is 5.91 Å². The van der Waals surface area contributed by atoms with Gasteiger partial charge in [-0.25, -0.2) is 4.39 Å². The second-order valence-electron chi connectivity index (χ2n) is 8.00. The molecule has 2 aromatic heterocycles. The summed E-state index contributed by atoms with van der Waals surface area (Å²) < 4.78 is 25.7. The molecule has 2 heterocycles. The largest absolute Gasteiger partial charge is 0.492 e. The summed E-state index contributed by atoms with van der Waals surface area (Å²) in [5.74, 6) is -1.02. The summed E-state index contributed by atoms with van der Waals surface area (Å²) in [5.41, 5.74) is -0.0571. The summed E-state index contributed by atoms with van der Waals surface area (Å²) in [7, 11) is 0. The first-order valence-corrected chi connectivity index (χ1v) is 11.4. The minimum absolute atomic E-state index is 0.0522. The average Bonchev–Trinajstić information content (AvgIpc) is 3.36. The molecular formula is C24H22Cl2FN3O4. The number of nitrogens with one attached hydrogen (secondary N) is 2. The molecule has 1 saturated carbocycles. The van der Waals surface area contributed by atoms with E-state index in [1.54, 1.807) is 25.1 Å². The molecule has 1 atom stereocenters. The lowest BCUT2D eigenvalue weighted by Crippen LogP contribution is -2.49. The van der Waals surface area contributed by atoms with E-state index in [-0.39, 0.29) is 11.5 Å². The highest BCUT2D eigenvalue weighted by Gasteiger charge is 2.52. The average molecular weight is 506 g/mol. The molecule has 1 aromatic carbocycles. The van der Waals surface area contributed by atoms with Gasteiger partial charge in [0, 0.05) is 22.3 Å². The molecule has 0 aliphatic heterocycles. The summed E-state index contributed by atoms with van der Waals surface area (Å²) in [5, 5.41) is 6.13. The molecule has 0 radical (unpaired) electrons. The number of furan rings is 1. The van der Waals surface area contributed by atoms with E-state index in [0.29, 0.717) is 46.4 Å². The molecule has 34 heavy (non-hydrogen) atoms. The van der Waals surface area contributed by atoms with Crippen molar-refractivity contribution in [2.75, 3.05) is 6.61 Å². The smallest absolute Gasteiger partial charge is 0.287 e. The van der Waals surface area contributed by atoms with Crippen LogP contribution in [-0.2, 0) is 4.79 Å². The molecule has 1 aliphatic rings. The van der Waals surface area contributed by atoms with Gasteiger partial charge >= 0.3 is 0 Å².